The number of rotatable bonds is 4. The van der Waals surface area contributed by atoms with Crippen LogP contribution in [0.5, 0.6) is 5.75 Å². The van der Waals surface area contributed by atoms with Crippen LogP contribution in [0.15, 0.2) is 42.6 Å². The number of amides is 1. The molecule has 3 heterocycles. The smallest absolute Gasteiger partial charge is 0.255 e. The van der Waals surface area contributed by atoms with E-state index in [1.807, 2.05) is 22.7 Å². The first-order valence-electron chi connectivity index (χ1n) is 10.3. The number of nitrogens with zero attached hydrogens (tertiary/aromatic N) is 3. The number of hydrogen-bond acceptors (Lipinski definition) is 5. The van der Waals surface area contributed by atoms with Crippen molar-refractivity contribution in [2.24, 2.45) is 0 Å². The topological polar surface area (TPSA) is 58.9 Å². The van der Waals surface area contributed by atoms with Gasteiger partial charge in [0.05, 0.1) is 28.6 Å². The van der Waals surface area contributed by atoms with Gasteiger partial charge >= 0.3 is 0 Å². The highest BCUT2D eigenvalue weighted by atomic mass is 32.1. The highest BCUT2D eigenvalue weighted by molar-refractivity contribution is 7.23. The van der Waals surface area contributed by atoms with E-state index in [9.17, 15) is 9.18 Å². The van der Waals surface area contributed by atoms with Crippen LogP contribution in [-0.2, 0) is 0 Å². The van der Waals surface area contributed by atoms with Gasteiger partial charge in [-0.1, -0.05) is 23.5 Å². The number of methoxy groups -OCH3 is 1. The molecule has 1 amide bonds. The Bertz CT molecular complexity index is 1270. The summed E-state index contributed by atoms with van der Waals surface area (Å²) in [6.45, 7) is 1.96. The number of carbonyl (C=O) groups excluding carboxylic acids is 1. The number of nitrogens with one attached hydrogen (secondary N) is 1. The van der Waals surface area contributed by atoms with E-state index in [1.54, 1.807) is 25.3 Å². The maximum atomic E-state index is 14.2. The predicted octanol–water partition coefficient (Wildman–Crippen LogP) is 4.19. The second-order valence-electron chi connectivity index (χ2n) is 7.93. The summed E-state index contributed by atoms with van der Waals surface area (Å²) in [5.41, 5.74) is 2.44. The fraction of sp³-hybridized carbons (Fsp3) is 0.304. The lowest BCUT2D eigenvalue weighted by Crippen LogP contribution is -2.43. The molecule has 31 heavy (non-hydrogen) atoms. The molecule has 0 aliphatic carbocycles. The van der Waals surface area contributed by atoms with Crippen LogP contribution in [0.3, 0.4) is 0 Å². The van der Waals surface area contributed by atoms with Gasteiger partial charge in [-0.2, -0.15) is 0 Å². The van der Waals surface area contributed by atoms with E-state index >= 15 is 0 Å². The third-order valence-corrected chi connectivity index (χ3v) is 6.88. The summed E-state index contributed by atoms with van der Waals surface area (Å²) in [7, 11) is 3.66. The minimum absolute atomic E-state index is 0.119. The van der Waals surface area contributed by atoms with E-state index in [0.29, 0.717) is 22.6 Å². The molecule has 1 aliphatic rings. The number of thiazole rings is 1. The monoisotopic (exact) mass is 438 g/mol. The maximum absolute atomic E-state index is 14.2. The number of benzene rings is 2. The molecule has 0 saturated carbocycles. The highest BCUT2D eigenvalue weighted by Crippen LogP contribution is 2.34. The quantitative estimate of drug-likeness (QED) is 0.519. The zero-order valence-electron chi connectivity index (χ0n) is 17.4. The van der Waals surface area contributed by atoms with Crippen molar-refractivity contribution in [1.82, 2.24) is 19.6 Å². The average Bonchev–Trinajstić information content (AvgIpc) is 3.32. The van der Waals surface area contributed by atoms with Crippen LogP contribution in [0, 0.1) is 5.82 Å². The minimum Gasteiger partial charge on any atom is -0.496 e. The number of carbonyl (C=O) groups is 1. The van der Waals surface area contributed by atoms with E-state index in [-0.39, 0.29) is 17.8 Å². The molecule has 1 saturated heterocycles. The molecule has 4 aromatic rings. The van der Waals surface area contributed by atoms with Crippen molar-refractivity contribution in [1.29, 1.82) is 0 Å². The lowest BCUT2D eigenvalue weighted by Gasteiger charge is -2.29. The molecule has 0 bridgehead atoms. The first-order chi connectivity index (χ1) is 15.0. The molecule has 1 N–H and O–H groups in total. The molecule has 1 fully saturated rings. The summed E-state index contributed by atoms with van der Waals surface area (Å²) >= 11 is 1.47. The Morgan fingerprint density at radius 1 is 1.26 bits per heavy atom. The van der Waals surface area contributed by atoms with Gasteiger partial charge < -0.3 is 15.0 Å². The Labute approximate surface area is 183 Å². The standard InChI is InChI=1S/C23H23FN4O2S/c1-27-9-7-14(8-10-27)25-22(29)16-11-21-19(12-20(16)30-2)28-13-18(26-23(28)31-21)15-5-3-4-6-17(15)24/h3-6,11-14H,7-10H2,1-2H3,(H,25,29). The first kappa shape index (κ1) is 20.0. The van der Waals surface area contributed by atoms with Crippen LogP contribution in [0.25, 0.3) is 26.4 Å². The van der Waals surface area contributed by atoms with Crippen molar-refractivity contribution in [2.75, 3.05) is 27.2 Å². The fourth-order valence-electron chi connectivity index (χ4n) is 4.09. The molecule has 0 unspecified atom stereocenters. The summed E-state index contributed by atoms with van der Waals surface area (Å²) in [6, 6.07) is 10.5. The van der Waals surface area contributed by atoms with Crippen molar-refractivity contribution in [3.8, 4) is 17.0 Å². The third kappa shape index (κ3) is 3.66. The highest BCUT2D eigenvalue weighted by Gasteiger charge is 2.22. The van der Waals surface area contributed by atoms with E-state index in [1.165, 1.54) is 17.4 Å². The molecular weight excluding hydrogens is 415 g/mol. The van der Waals surface area contributed by atoms with Crippen molar-refractivity contribution < 1.29 is 13.9 Å². The molecular formula is C23H23FN4O2S. The number of imidazole rings is 1. The van der Waals surface area contributed by atoms with Gasteiger partial charge in [-0.3, -0.25) is 9.20 Å². The number of likely N-dealkylation sites (tertiary alicyclic amines) is 1. The fourth-order valence-corrected chi connectivity index (χ4v) is 5.12. The SMILES string of the molecule is COc1cc2c(cc1C(=O)NC1CCN(C)CC1)sc1nc(-c3ccccc3F)cn12. The average molecular weight is 439 g/mol. The first-order valence-corrected chi connectivity index (χ1v) is 11.1. The van der Waals surface area contributed by atoms with Crippen molar-refractivity contribution in [3.05, 3.63) is 54.0 Å². The second-order valence-corrected chi connectivity index (χ2v) is 8.94. The normalized spacial score (nSPS) is 15.6. The Balaban J connectivity index is 1.50. The lowest BCUT2D eigenvalue weighted by atomic mass is 10.0. The largest absolute Gasteiger partial charge is 0.496 e. The second kappa shape index (κ2) is 7.94. The maximum Gasteiger partial charge on any atom is 0.255 e. The summed E-state index contributed by atoms with van der Waals surface area (Å²) in [4.78, 5) is 20.6. The van der Waals surface area contributed by atoms with Crippen LogP contribution in [0.4, 0.5) is 4.39 Å². The summed E-state index contributed by atoms with van der Waals surface area (Å²) < 4.78 is 22.6. The molecule has 1 aliphatic heterocycles. The third-order valence-electron chi connectivity index (χ3n) is 5.86. The van der Waals surface area contributed by atoms with E-state index < -0.39 is 0 Å². The van der Waals surface area contributed by atoms with Crippen molar-refractivity contribution in [2.45, 2.75) is 18.9 Å². The molecule has 5 rings (SSSR count). The molecule has 2 aromatic heterocycles. The summed E-state index contributed by atoms with van der Waals surface area (Å²) in [5, 5.41) is 3.15. The summed E-state index contributed by atoms with van der Waals surface area (Å²) in [5.74, 6) is 0.0909. The van der Waals surface area contributed by atoms with E-state index in [0.717, 1.165) is 41.1 Å². The van der Waals surface area contributed by atoms with Crippen LogP contribution in [0.2, 0.25) is 0 Å². The Kier molecular flexibility index (Phi) is 5.11. The number of halogens is 1. The molecule has 0 radical (unpaired) electrons. The number of ether oxygens (including phenoxy) is 1. The van der Waals surface area contributed by atoms with Crippen LogP contribution in [-0.4, -0.2) is 53.5 Å². The van der Waals surface area contributed by atoms with Crippen LogP contribution >= 0.6 is 11.3 Å². The molecule has 2 aromatic carbocycles. The van der Waals surface area contributed by atoms with E-state index in [2.05, 4.69) is 22.2 Å². The Morgan fingerprint density at radius 3 is 2.77 bits per heavy atom. The zero-order valence-corrected chi connectivity index (χ0v) is 18.2. The summed E-state index contributed by atoms with van der Waals surface area (Å²) in [6.07, 6.45) is 3.71. The van der Waals surface area contributed by atoms with Gasteiger partial charge in [0.2, 0.25) is 0 Å². The Hall–Kier alpha value is -2.97. The van der Waals surface area contributed by atoms with Gasteiger partial charge in [-0.25, -0.2) is 9.37 Å². The van der Waals surface area contributed by atoms with Crippen LogP contribution < -0.4 is 10.1 Å². The minimum atomic E-state index is -0.303. The van der Waals surface area contributed by atoms with Gasteiger partial charge in [-0.15, -0.1) is 0 Å². The van der Waals surface area contributed by atoms with Crippen LogP contribution in [0.1, 0.15) is 23.2 Å². The van der Waals surface area contributed by atoms with Crippen molar-refractivity contribution in [3.63, 3.8) is 0 Å². The number of hydrogen-bond donors (Lipinski definition) is 1. The predicted molar refractivity (Wildman–Crippen MR) is 121 cm³/mol. The van der Waals surface area contributed by atoms with Gasteiger partial charge in [0.1, 0.15) is 11.6 Å². The van der Waals surface area contributed by atoms with Gasteiger partial charge in [0, 0.05) is 23.9 Å². The van der Waals surface area contributed by atoms with Gasteiger partial charge in [0.25, 0.3) is 5.91 Å². The molecule has 8 heteroatoms. The zero-order chi connectivity index (χ0) is 21.5. The number of fused-ring (bicyclic) bond motifs is 3. The molecule has 0 atom stereocenters. The van der Waals surface area contributed by atoms with E-state index in [4.69, 9.17) is 4.74 Å². The van der Waals surface area contributed by atoms with Crippen molar-refractivity contribution >= 4 is 32.4 Å². The molecule has 160 valence electrons. The van der Waals surface area contributed by atoms with Gasteiger partial charge in [0.15, 0.2) is 4.96 Å². The Morgan fingerprint density at radius 2 is 2.03 bits per heavy atom. The number of piperidine rings is 1. The van der Waals surface area contributed by atoms with Gasteiger partial charge in [-0.05, 0) is 51.2 Å². The number of aromatic nitrogens is 2. The molecule has 6 nitrogen and oxygen atoms in total. The molecule has 0 spiro atoms. The lowest BCUT2D eigenvalue weighted by molar-refractivity contribution is 0.0914.